The molecule has 4 aromatic heterocycles. The number of carbonyl (C=O) groups excluding carboxylic acids is 2. The van der Waals surface area contributed by atoms with Gasteiger partial charge in [0, 0.05) is 127 Å². The number of rotatable bonds is 20. The van der Waals surface area contributed by atoms with Crippen molar-refractivity contribution < 1.29 is 86.2 Å². The maximum absolute atomic E-state index is 12.4. The second-order valence-electron chi connectivity index (χ2n) is 22.7. The van der Waals surface area contributed by atoms with Crippen LogP contribution in [0.5, 0.6) is 11.5 Å². The topological polar surface area (TPSA) is 336 Å². The van der Waals surface area contributed by atoms with Crippen molar-refractivity contribution in [1.82, 2.24) is 39.5 Å². The summed E-state index contributed by atoms with van der Waals surface area (Å²) in [6, 6.07) is 32.1. The molecule has 0 bridgehead atoms. The highest BCUT2D eigenvalue weighted by molar-refractivity contribution is 5.88. The summed E-state index contributed by atoms with van der Waals surface area (Å²) in [4.78, 5) is 73.6. The molecule has 0 saturated carbocycles. The molecule has 2 aliphatic rings. The Morgan fingerprint density at radius 3 is 1.01 bits per heavy atom. The largest absolute Gasteiger partial charge is 0.493 e. The van der Waals surface area contributed by atoms with Crippen LogP contribution in [0.15, 0.2) is 109 Å². The molecular weight excluding hydrogens is 1290 g/mol. The zero-order chi connectivity index (χ0) is 71.4. The van der Waals surface area contributed by atoms with E-state index in [1.165, 1.54) is 26.4 Å². The lowest BCUT2D eigenvalue weighted by Gasteiger charge is -2.23. The summed E-state index contributed by atoms with van der Waals surface area (Å²) in [6.45, 7) is 18.7. The Balaban J connectivity index is 0.000000308. The van der Waals surface area contributed by atoms with Gasteiger partial charge in [0.2, 0.25) is 0 Å². The number of benzene rings is 2. The minimum absolute atomic E-state index is 0.0134. The highest BCUT2D eigenvalue weighted by atomic mass is 16.5. The van der Waals surface area contributed by atoms with Crippen LogP contribution >= 0.6 is 0 Å². The molecule has 0 unspecified atom stereocenters. The predicted molar refractivity (Wildman–Crippen MR) is 373 cm³/mol. The normalized spacial score (nSPS) is 16.4. The number of pyridine rings is 4. The van der Waals surface area contributed by atoms with Gasteiger partial charge >= 0.3 is 23.9 Å². The second kappa shape index (κ2) is 47.6. The molecule has 0 atom stereocenters. The molecule has 6 aromatic rings. The zero-order valence-corrected chi connectivity index (χ0v) is 58.2. The molecule has 0 amide bonds. The number of carboxylic acids is 2. The van der Waals surface area contributed by atoms with Crippen molar-refractivity contribution in [1.29, 1.82) is 0 Å². The molecule has 2 fully saturated rings. The molecule has 6 N–H and O–H groups in total. The van der Waals surface area contributed by atoms with Gasteiger partial charge in [-0.15, -0.1) is 0 Å². The minimum Gasteiger partial charge on any atom is -0.493 e. The molecule has 0 aliphatic carbocycles. The van der Waals surface area contributed by atoms with Crippen LogP contribution in [0.2, 0.25) is 0 Å². The first kappa shape index (κ1) is 80.6. The molecule has 546 valence electrons. The lowest BCUT2D eigenvalue weighted by Crippen LogP contribution is -2.33. The molecule has 28 heteroatoms. The van der Waals surface area contributed by atoms with Crippen molar-refractivity contribution in [2.75, 3.05) is 197 Å². The van der Waals surface area contributed by atoms with Crippen LogP contribution in [0.1, 0.15) is 89.7 Å². The van der Waals surface area contributed by atoms with Gasteiger partial charge in [0.05, 0.1) is 156 Å². The van der Waals surface area contributed by atoms with E-state index in [1.807, 2.05) is 74.5 Å². The Bertz CT molecular complexity index is 3280. The smallest absolute Gasteiger partial charge is 0.356 e. The van der Waals surface area contributed by atoms with Gasteiger partial charge in [0.1, 0.15) is 22.9 Å². The summed E-state index contributed by atoms with van der Waals surface area (Å²) in [5, 5.41) is 18.9. The van der Waals surface area contributed by atoms with Crippen molar-refractivity contribution >= 4 is 35.3 Å². The number of carbonyl (C=O) groups is 4. The Morgan fingerprint density at radius 1 is 0.380 bits per heavy atom. The Kier molecular flexibility index (Phi) is 38.4. The van der Waals surface area contributed by atoms with E-state index >= 15 is 0 Å². The summed E-state index contributed by atoms with van der Waals surface area (Å²) < 4.78 is 68.5. The molecule has 0 radical (unpaired) electrons. The van der Waals surface area contributed by atoms with Crippen molar-refractivity contribution in [2.45, 2.75) is 52.9 Å². The van der Waals surface area contributed by atoms with Crippen molar-refractivity contribution in [3.8, 4) is 11.5 Å². The summed E-state index contributed by atoms with van der Waals surface area (Å²) in [6.07, 6.45) is 1.33. The monoisotopic (exact) mass is 1390 g/mol. The zero-order valence-electron chi connectivity index (χ0n) is 58.2. The molecule has 2 aromatic carbocycles. The average Bonchev–Trinajstić information content (AvgIpc) is 0.883. The second-order valence-corrected chi connectivity index (χ2v) is 22.7. The van der Waals surface area contributed by atoms with E-state index in [9.17, 15) is 29.4 Å². The van der Waals surface area contributed by atoms with E-state index in [4.69, 9.17) is 68.3 Å². The van der Waals surface area contributed by atoms with Gasteiger partial charge in [0.15, 0.2) is 11.4 Å². The quantitative estimate of drug-likeness (QED) is 0.0493. The van der Waals surface area contributed by atoms with E-state index < -0.39 is 23.9 Å². The van der Waals surface area contributed by atoms with Gasteiger partial charge < -0.3 is 78.5 Å². The van der Waals surface area contributed by atoms with Gasteiger partial charge in [-0.3, -0.25) is 19.6 Å². The lowest BCUT2D eigenvalue weighted by molar-refractivity contribution is 0.00596. The van der Waals surface area contributed by atoms with Crippen LogP contribution in [0.4, 0.5) is 11.4 Å². The third-order valence-electron chi connectivity index (χ3n) is 15.3. The molecule has 2 aliphatic heterocycles. The van der Waals surface area contributed by atoms with Crippen LogP contribution in [-0.2, 0) is 86.4 Å². The fourth-order valence-electron chi connectivity index (χ4n) is 10.0. The minimum atomic E-state index is -1.13. The maximum atomic E-state index is 12.4. The molecule has 8 rings (SSSR count). The fraction of sp³-hybridized carbons (Fsp3) is 0.500. The van der Waals surface area contributed by atoms with Crippen molar-refractivity contribution in [3.63, 3.8) is 0 Å². The number of nitrogens with zero attached hydrogens (tertiary/aromatic N) is 8. The first-order valence-corrected chi connectivity index (χ1v) is 33.8. The summed E-state index contributed by atoms with van der Waals surface area (Å²) in [5.74, 6) is -2.20. The number of anilines is 2. The van der Waals surface area contributed by atoms with Crippen LogP contribution < -0.4 is 20.9 Å². The Morgan fingerprint density at radius 2 is 0.670 bits per heavy atom. The molecule has 28 nitrogen and oxygen atoms in total. The number of carboxylic acid groups (broad SMARTS) is 2. The number of hydrogen-bond acceptors (Lipinski definition) is 26. The standard InChI is InChI=1S/C36H49N5O9.C34H45N5O9.C2H6/c1-44-35(42)33-5-3-4-30(38-33)26-40-11-16-46-20-22-48-18-13-41(14-19-49-23-21-47-17-12-40)27-31-24-32(25-34(39-31)36(43)45-2)50-15-10-28-6-8-29(37)9-7-28;35-27-6-4-26(5-7-27)8-13-48-30-22-29(37-32(23-30)34(42)43)25-39-11-16-46-20-18-44-14-9-38(10-15-45-19-21-47-17-12-39)24-28-2-1-3-31(36-28)33(40)41;1-2/h3-9,24-25H,10-23,26-27,37H2,1-2H3;1-7,22-23H,8-21,24-25,35H2,(H,40,41)(H,42,43);1-2H3. The number of aromatic nitrogens is 4. The fourth-order valence-corrected chi connectivity index (χ4v) is 10.0. The van der Waals surface area contributed by atoms with Gasteiger partial charge in [-0.05, 0) is 59.7 Å². The number of nitrogen functional groups attached to an aromatic ring is 2. The Hall–Kier alpha value is -8.36. The summed E-state index contributed by atoms with van der Waals surface area (Å²) in [5.41, 5.74) is 18.2. The number of aromatic carboxylic acids is 2. The maximum Gasteiger partial charge on any atom is 0.356 e. The highest BCUT2D eigenvalue weighted by Crippen LogP contribution is 2.20. The summed E-state index contributed by atoms with van der Waals surface area (Å²) in [7, 11) is 2.67. The highest BCUT2D eigenvalue weighted by Gasteiger charge is 2.19. The van der Waals surface area contributed by atoms with Crippen molar-refractivity contribution in [2.24, 2.45) is 0 Å². The average molecular weight is 1390 g/mol. The molecule has 0 spiro atoms. The molecule has 2 saturated heterocycles. The van der Waals surface area contributed by atoms with Gasteiger partial charge in [-0.2, -0.15) is 0 Å². The number of nitrogens with two attached hydrogens (primary N) is 2. The van der Waals surface area contributed by atoms with Crippen LogP contribution in [-0.4, -0.2) is 259 Å². The van der Waals surface area contributed by atoms with E-state index in [1.54, 1.807) is 36.4 Å². The third kappa shape index (κ3) is 32.3. The molecule has 100 heavy (non-hydrogen) atoms. The van der Waals surface area contributed by atoms with E-state index in [0.29, 0.717) is 250 Å². The summed E-state index contributed by atoms with van der Waals surface area (Å²) >= 11 is 0. The van der Waals surface area contributed by atoms with Crippen LogP contribution in [0.25, 0.3) is 0 Å². The van der Waals surface area contributed by atoms with Gasteiger partial charge in [0.25, 0.3) is 0 Å². The van der Waals surface area contributed by atoms with E-state index in [0.717, 1.165) is 16.8 Å². The van der Waals surface area contributed by atoms with Gasteiger partial charge in [-0.25, -0.2) is 39.1 Å². The number of esters is 2. The number of methoxy groups -OCH3 is 2. The van der Waals surface area contributed by atoms with Gasteiger partial charge in [-0.1, -0.05) is 50.2 Å². The Labute approximate surface area is 586 Å². The van der Waals surface area contributed by atoms with E-state index in [-0.39, 0.29) is 22.8 Å². The first-order valence-electron chi connectivity index (χ1n) is 33.8. The van der Waals surface area contributed by atoms with E-state index in [2.05, 4.69) is 39.5 Å². The lowest BCUT2D eigenvalue weighted by atomic mass is 10.1. The SMILES string of the molecule is CC.COC(=O)c1cccc(CN2CCOCCOCCN(Cc3cc(OCCc4ccc(N)cc4)cc(C(=O)OC)n3)CCOCCOCC2)n1.Nc1ccc(CCOc2cc(CN3CCOCCOCCN(Cc4cccc(C(=O)O)n4)CCOCCOCC3)nc(C(=O)O)c2)cc1. The third-order valence-corrected chi connectivity index (χ3v) is 15.3. The first-order chi connectivity index (χ1) is 48.8. The van der Waals surface area contributed by atoms with Crippen molar-refractivity contribution in [3.05, 3.63) is 166 Å². The molecular formula is C72H100N10O18. The predicted octanol–water partition coefficient (Wildman–Crippen LogP) is 6.12. The van der Waals surface area contributed by atoms with Crippen LogP contribution in [0, 0.1) is 0 Å². The number of ether oxygens (including phenoxy) is 12. The van der Waals surface area contributed by atoms with Crippen LogP contribution in [0.3, 0.4) is 0 Å². The number of hydrogen-bond donors (Lipinski definition) is 4. The molecule has 6 heterocycles.